The topological polar surface area (TPSA) is 92.4 Å². The number of para-hydroxylation sites is 1. The highest BCUT2D eigenvalue weighted by atomic mass is 32.2. The van der Waals surface area contributed by atoms with Gasteiger partial charge >= 0.3 is 0 Å². The van der Waals surface area contributed by atoms with Gasteiger partial charge in [-0.2, -0.15) is 0 Å². The maximum absolute atomic E-state index is 11.7. The van der Waals surface area contributed by atoms with Crippen molar-refractivity contribution < 1.29 is 13.5 Å². The minimum Gasteiger partial charge on any atom is -0.396 e. The van der Waals surface area contributed by atoms with Crippen LogP contribution in [0.25, 0.3) is 0 Å². The third-order valence-corrected chi connectivity index (χ3v) is 4.41. The van der Waals surface area contributed by atoms with Crippen molar-refractivity contribution in [2.24, 2.45) is 5.41 Å². The van der Waals surface area contributed by atoms with Gasteiger partial charge in [0.2, 0.25) is 0 Å². The largest absolute Gasteiger partial charge is 0.396 e. The van der Waals surface area contributed by atoms with Gasteiger partial charge in [-0.3, -0.25) is 0 Å². The molecule has 4 N–H and O–H groups in total. The second kappa shape index (κ2) is 6.01. The van der Waals surface area contributed by atoms with Gasteiger partial charge in [0.05, 0.1) is 16.3 Å². The smallest absolute Gasteiger partial charge is 0.177 e. The SMILES string of the molecule is CC(C)(C)C(CCO)Nc1cccc(S(C)(=O)=O)c1N. The van der Waals surface area contributed by atoms with E-state index in [9.17, 15) is 8.42 Å². The normalized spacial score (nSPS) is 14.1. The number of hydrogen-bond acceptors (Lipinski definition) is 5. The van der Waals surface area contributed by atoms with E-state index in [1.807, 2.05) is 0 Å². The van der Waals surface area contributed by atoms with Gasteiger partial charge in [0.15, 0.2) is 9.84 Å². The van der Waals surface area contributed by atoms with E-state index in [4.69, 9.17) is 10.8 Å². The first kappa shape index (κ1) is 16.8. The molecule has 6 heteroatoms. The molecule has 0 aliphatic heterocycles. The van der Waals surface area contributed by atoms with Gasteiger partial charge in [0, 0.05) is 18.9 Å². The van der Waals surface area contributed by atoms with Crippen LogP contribution >= 0.6 is 0 Å². The van der Waals surface area contributed by atoms with Gasteiger partial charge in [-0.1, -0.05) is 26.8 Å². The van der Waals surface area contributed by atoms with E-state index >= 15 is 0 Å². The third-order valence-electron chi connectivity index (χ3n) is 3.26. The zero-order valence-corrected chi connectivity index (χ0v) is 13.3. The summed E-state index contributed by atoms with van der Waals surface area (Å²) in [5.74, 6) is 0. The van der Waals surface area contributed by atoms with Crippen LogP contribution in [-0.2, 0) is 9.84 Å². The molecule has 0 amide bonds. The maximum atomic E-state index is 11.7. The molecule has 1 aromatic rings. The number of nitrogens with one attached hydrogen (secondary N) is 1. The van der Waals surface area contributed by atoms with Crippen LogP contribution in [0.15, 0.2) is 23.1 Å². The number of aliphatic hydroxyl groups excluding tert-OH is 1. The van der Waals surface area contributed by atoms with Crippen molar-refractivity contribution in [1.82, 2.24) is 0 Å². The molecule has 0 bridgehead atoms. The first-order chi connectivity index (χ1) is 9.07. The van der Waals surface area contributed by atoms with Crippen LogP contribution in [-0.4, -0.2) is 32.4 Å². The highest BCUT2D eigenvalue weighted by Gasteiger charge is 2.25. The van der Waals surface area contributed by atoms with Crippen LogP contribution in [0.1, 0.15) is 27.2 Å². The lowest BCUT2D eigenvalue weighted by Gasteiger charge is -2.32. The molecule has 0 aliphatic carbocycles. The van der Waals surface area contributed by atoms with E-state index in [1.165, 1.54) is 6.07 Å². The number of sulfone groups is 1. The Labute approximate surface area is 121 Å². The molecule has 5 nitrogen and oxygen atoms in total. The van der Waals surface area contributed by atoms with Crippen molar-refractivity contribution in [2.45, 2.75) is 38.1 Å². The van der Waals surface area contributed by atoms with E-state index in [1.54, 1.807) is 12.1 Å². The lowest BCUT2D eigenvalue weighted by Crippen LogP contribution is -2.35. The van der Waals surface area contributed by atoms with Crippen LogP contribution in [0.4, 0.5) is 11.4 Å². The number of nitrogen functional groups attached to an aromatic ring is 1. The molecule has 0 saturated carbocycles. The minimum absolute atomic E-state index is 0.00962. The van der Waals surface area contributed by atoms with Gasteiger partial charge in [-0.05, 0) is 24.0 Å². The summed E-state index contributed by atoms with van der Waals surface area (Å²) in [6.07, 6.45) is 1.70. The Morgan fingerprint density at radius 1 is 1.35 bits per heavy atom. The molecule has 114 valence electrons. The number of aliphatic hydroxyl groups is 1. The predicted molar refractivity (Wildman–Crippen MR) is 82.5 cm³/mol. The molecule has 0 fully saturated rings. The molecule has 0 heterocycles. The molecule has 1 unspecified atom stereocenters. The standard InChI is InChI=1S/C14H24N2O3S/c1-14(2,3)12(8-9-17)16-10-6-5-7-11(13(10)15)20(4,18)19/h5-7,12,16-17H,8-9,15H2,1-4H3. The van der Waals surface area contributed by atoms with Crippen molar-refractivity contribution in [1.29, 1.82) is 0 Å². The minimum atomic E-state index is -3.35. The quantitative estimate of drug-likeness (QED) is 0.722. The molecule has 0 spiro atoms. The lowest BCUT2D eigenvalue weighted by molar-refractivity contribution is 0.235. The maximum Gasteiger partial charge on any atom is 0.177 e. The molecular formula is C14H24N2O3S. The highest BCUT2D eigenvalue weighted by molar-refractivity contribution is 7.90. The van der Waals surface area contributed by atoms with E-state index in [2.05, 4.69) is 26.1 Å². The monoisotopic (exact) mass is 300 g/mol. The van der Waals surface area contributed by atoms with Crippen LogP contribution in [0.5, 0.6) is 0 Å². The molecule has 0 aliphatic rings. The van der Waals surface area contributed by atoms with Gasteiger partial charge in [0.25, 0.3) is 0 Å². The molecular weight excluding hydrogens is 276 g/mol. The van der Waals surface area contributed by atoms with E-state index in [0.29, 0.717) is 12.1 Å². The van der Waals surface area contributed by atoms with E-state index < -0.39 is 9.84 Å². The highest BCUT2D eigenvalue weighted by Crippen LogP contribution is 2.31. The summed E-state index contributed by atoms with van der Waals surface area (Å²) in [5.41, 5.74) is 6.67. The van der Waals surface area contributed by atoms with Crippen LogP contribution in [0.2, 0.25) is 0 Å². The lowest BCUT2D eigenvalue weighted by atomic mass is 9.84. The fraction of sp³-hybridized carbons (Fsp3) is 0.571. The van der Waals surface area contributed by atoms with Gasteiger partial charge in [0.1, 0.15) is 0 Å². The summed E-state index contributed by atoms with van der Waals surface area (Å²) in [4.78, 5) is 0.124. The van der Waals surface area contributed by atoms with Crippen molar-refractivity contribution in [2.75, 3.05) is 23.9 Å². The fourth-order valence-corrected chi connectivity index (χ4v) is 2.87. The second-order valence-corrected chi connectivity index (χ2v) is 8.05. The summed E-state index contributed by atoms with van der Waals surface area (Å²) in [7, 11) is -3.35. The van der Waals surface area contributed by atoms with Crippen molar-refractivity contribution in [3.63, 3.8) is 0 Å². The number of benzene rings is 1. The first-order valence-electron chi connectivity index (χ1n) is 6.53. The van der Waals surface area contributed by atoms with Gasteiger partial charge in [-0.15, -0.1) is 0 Å². The van der Waals surface area contributed by atoms with Crippen LogP contribution < -0.4 is 11.1 Å². The Morgan fingerprint density at radius 2 is 1.95 bits per heavy atom. The zero-order chi connectivity index (χ0) is 15.6. The van der Waals surface area contributed by atoms with Crippen LogP contribution in [0.3, 0.4) is 0 Å². The van der Waals surface area contributed by atoms with Crippen molar-refractivity contribution in [3.05, 3.63) is 18.2 Å². The average Bonchev–Trinajstić information content (AvgIpc) is 2.28. The summed E-state index contributed by atoms with van der Waals surface area (Å²) in [6.45, 7) is 6.21. The van der Waals surface area contributed by atoms with E-state index in [-0.39, 0.29) is 28.6 Å². The first-order valence-corrected chi connectivity index (χ1v) is 8.42. The Kier molecular flexibility index (Phi) is 5.05. The summed E-state index contributed by atoms with van der Waals surface area (Å²) in [6, 6.07) is 4.89. The number of nitrogens with two attached hydrogens (primary N) is 1. The summed E-state index contributed by atoms with van der Waals surface area (Å²) in [5, 5.41) is 12.4. The molecule has 20 heavy (non-hydrogen) atoms. The Hall–Kier alpha value is -1.27. The molecule has 1 atom stereocenters. The van der Waals surface area contributed by atoms with Crippen molar-refractivity contribution in [3.8, 4) is 0 Å². The molecule has 0 radical (unpaired) electrons. The number of hydrogen-bond donors (Lipinski definition) is 3. The predicted octanol–water partition coefficient (Wildman–Crippen LogP) is 1.88. The third kappa shape index (κ3) is 4.11. The second-order valence-electron chi connectivity index (χ2n) is 6.06. The Balaban J connectivity index is 3.15. The molecule has 0 saturated heterocycles. The zero-order valence-electron chi connectivity index (χ0n) is 12.5. The molecule has 0 aromatic heterocycles. The van der Waals surface area contributed by atoms with Gasteiger partial charge < -0.3 is 16.2 Å². The Morgan fingerprint density at radius 3 is 2.40 bits per heavy atom. The summed E-state index contributed by atoms with van der Waals surface area (Å²) >= 11 is 0. The van der Waals surface area contributed by atoms with E-state index in [0.717, 1.165) is 6.26 Å². The fourth-order valence-electron chi connectivity index (χ4n) is 2.03. The molecule has 1 aromatic carbocycles. The summed E-state index contributed by atoms with van der Waals surface area (Å²) < 4.78 is 23.3. The number of rotatable bonds is 5. The number of anilines is 2. The van der Waals surface area contributed by atoms with Gasteiger partial charge in [-0.25, -0.2) is 8.42 Å². The van der Waals surface area contributed by atoms with Crippen LogP contribution in [0, 0.1) is 5.41 Å². The average molecular weight is 300 g/mol. The molecule has 1 rings (SSSR count). The Bertz CT molecular complexity index is 562. The van der Waals surface area contributed by atoms with Crippen molar-refractivity contribution >= 4 is 21.2 Å².